The minimum atomic E-state index is -3.19. The fraction of sp³-hybridized carbons (Fsp3) is 1.00. The van der Waals surface area contributed by atoms with Gasteiger partial charge in [0.15, 0.2) is 0 Å². The number of hydrogen-bond acceptors (Lipinski definition) is 12. The summed E-state index contributed by atoms with van der Waals surface area (Å²) < 4.78 is 80.8. The highest BCUT2D eigenvalue weighted by Gasteiger charge is 2.69. The summed E-state index contributed by atoms with van der Waals surface area (Å²) in [6.07, 6.45) is 31.1. The molecule has 12 aliphatic carbocycles. The van der Waals surface area contributed by atoms with E-state index < -0.39 is 30.1 Å². The number of nitrogens with one attached hydrogen (secondary N) is 3. The van der Waals surface area contributed by atoms with E-state index >= 15 is 0 Å². The summed E-state index contributed by atoms with van der Waals surface area (Å²) in [6.45, 7) is 40.9. The molecular formula is C87H159N3O12S3. The molecule has 12 aliphatic rings. The van der Waals surface area contributed by atoms with E-state index in [4.69, 9.17) is 0 Å². The van der Waals surface area contributed by atoms with Crippen LogP contribution in [-0.2, 0) is 30.1 Å². The summed E-state index contributed by atoms with van der Waals surface area (Å²) in [5.74, 6) is 10.6. The molecule has 0 saturated heterocycles. The Morgan fingerprint density at radius 3 is 0.752 bits per heavy atom. The van der Waals surface area contributed by atoms with Gasteiger partial charge in [-0.2, -0.15) is 0 Å². The Morgan fingerprint density at radius 1 is 0.314 bits per heavy atom. The molecule has 0 spiro atoms. The van der Waals surface area contributed by atoms with Crippen molar-refractivity contribution < 1.29 is 55.9 Å². The SMILES string of the molecule is CC[C@@H]1C2C[C@H](O)CCC2(C)[C@H]2CCC3(C)C([C@H](C)CCCNS(=O)(=O)C(C)C)CC[C@H]3[C@@H]2[C@@H]1O.CC[C@@H]1C2C[C@H](O)CCC2(C)[C@H]2CCC3(C)C([C@H](C)CCCNS(=O)(=O)C(C)C)CC[C@H]3[C@@H]2[C@@H]1O.CC[C@@H]1C2C[C@H](O)CCC2(C)[C@H]2CCC3(C)C([C@H](C)CCCNS(=O)(=O)C(C)C)CC[C@H]3[C@@H]2[C@@H]1O. The number of aliphatic hydroxyl groups is 6. The molecule has 105 heavy (non-hydrogen) atoms. The predicted molar refractivity (Wildman–Crippen MR) is 427 cm³/mol. The van der Waals surface area contributed by atoms with Crippen molar-refractivity contribution in [3.63, 3.8) is 0 Å². The van der Waals surface area contributed by atoms with E-state index in [-0.39, 0.29) is 84.9 Å². The molecule has 612 valence electrons. The van der Waals surface area contributed by atoms with Gasteiger partial charge in [-0.15, -0.1) is 0 Å². The first-order chi connectivity index (χ1) is 49.1. The lowest BCUT2D eigenvalue weighted by atomic mass is 9.41. The third kappa shape index (κ3) is 16.5. The minimum Gasteiger partial charge on any atom is -0.393 e. The normalized spacial score (nSPS) is 46.7. The van der Waals surface area contributed by atoms with E-state index in [1.54, 1.807) is 41.5 Å². The second-order valence-electron chi connectivity index (χ2n) is 41.2. The van der Waals surface area contributed by atoms with E-state index in [1.807, 2.05) is 0 Å². The summed E-state index contributed by atoms with van der Waals surface area (Å²) >= 11 is 0. The van der Waals surface area contributed by atoms with Gasteiger partial charge in [0.05, 0.1) is 52.4 Å². The number of fused-ring (bicyclic) bond motifs is 15. The molecule has 0 radical (unpaired) electrons. The van der Waals surface area contributed by atoms with Crippen molar-refractivity contribution in [2.24, 2.45) is 157 Å². The average Bonchev–Trinajstić information content (AvgIpc) is 1.71. The van der Waals surface area contributed by atoms with Gasteiger partial charge in [0.25, 0.3) is 0 Å². The summed E-state index contributed by atoms with van der Waals surface area (Å²) in [5.41, 5.74) is 1.57. The van der Waals surface area contributed by atoms with E-state index in [0.717, 1.165) is 116 Å². The third-order valence-electron chi connectivity index (χ3n) is 35.7. The molecule has 12 rings (SSSR count). The van der Waals surface area contributed by atoms with Crippen LogP contribution < -0.4 is 14.2 Å². The van der Waals surface area contributed by atoms with Crippen molar-refractivity contribution in [3.05, 3.63) is 0 Å². The molecule has 0 heterocycles. The molecule has 0 aromatic carbocycles. The van der Waals surface area contributed by atoms with Crippen LogP contribution >= 0.6 is 0 Å². The van der Waals surface area contributed by atoms with Gasteiger partial charge in [-0.3, -0.25) is 0 Å². The minimum absolute atomic E-state index is 0.193. The van der Waals surface area contributed by atoms with Crippen LogP contribution in [0.3, 0.4) is 0 Å². The lowest BCUT2D eigenvalue weighted by Crippen LogP contribution is -2.62. The summed E-state index contributed by atoms with van der Waals surface area (Å²) in [4.78, 5) is 0. The molecule has 18 heteroatoms. The molecule has 0 aromatic heterocycles. The first-order valence-electron chi connectivity index (χ1n) is 44.1. The van der Waals surface area contributed by atoms with Gasteiger partial charge in [0, 0.05) is 19.6 Å². The van der Waals surface area contributed by atoms with Crippen LogP contribution in [0.5, 0.6) is 0 Å². The van der Waals surface area contributed by atoms with Gasteiger partial charge in [0.2, 0.25) is 30.1 Å². The van der Waals surface area contributed by atoms with Crippen LogP contribution in [0.15, 0.2) is 0 Å². The number of rotatable bonds is 24. The molecule has 0 bridgehead atoms. The molecule has 0 aromatic rings. The van der Waals surface area contributed by atoms with Crippen molar-refractivity contribution in [3.8, 4) is 0 Å². The first-order valence-corrected chi connectivity index (χ1v) is 48.8. The maximum Gasteiger partial charge on any atom is 0.213 e. The van der Waals surface area contributed by atoms with Crippen LogP contribution in [0.1, 0.15) is 317 Å². The molecular weight excluding hydrogens is 1380 g/mol. The Morgan fingerprint density at radius 2 is 0.533 bits per heavy atom. The van der Waals surface area contributed by atoms with E-state index in [2.05, 4.69) is 97.3 Å². The van der Waals surface area contributed by atoms with Gasteiger partial charge in [-0.1, -0.05) is 102 Å². The number of sulfonamides is 3. The average molecular weight is 1540 g/mol. The zero-order chi connectivity index (χ0) is 77.3. The standard InChI is InChI=1S/3C29H53NO4S/c3*1-7-21-25-17-20(31)12-14-29(25,6)24-13-15-28(5)22(10-11-23(28)26(24)27(21)32)19(4)9-8-16-30-35(33,34)18(2)3/h3*18-27,30-32H,7-17H2,1-6H3/t3*19-,20-,21-,22?,23+,24+,25?,26+,27-,28?,29?/m111/s1. The first kappa shape index (κ1) is 86.9. The zero-order valence-corrected chi connectivity index (χ0v) is 72.0. The maximum absolute atomic E-state index is 12.1. The van der Waals surface area contributed by atoms with Crippen LogP contribution in [-0.4, -0.2) is 128 Å². The van der Waals surface area contributed by atoms with E-state index in [9.17, 15) is 55.9 Å². The van der Waals surface area contributed by atoms with Gasteiger partial charge in [-0.25, -0.2) is 39.4 Å². The lowest BCUT2D eigenvalue weighted by Gasteiger charge is -2.64. The van der Waals surface area contributed by atoms with Crippen LogP contribution in [0.2, 0.25) is 0 Å². The van der Waals surface area contributed by atoms with Gasteiger partial charge in [0.1, 0.15) is 0 Å². The summed E-state index contributed by atoms with van der Waals surface area (Å²) in [6, 6.07) is 0. The fourth-order valence-electron chi connectivity index (χ4n) is 29.8. The smallest absolute Gasteiger partial charge is 0.213 e. The molecule has 12 saturated carbocycles. The number of hydrogen-bond donors (Lipinski definition) is 9. The topological polar surface area (TPSA) is 260 Å². The summed E-state index contributed by atoms with van der Waals surface area (Å²) in [7, 11) is -9.56. The molecule has 15 nitrogen and oxygen atoms in total. The molecule has 33 atom stereocenters. The van der Waals surface area contributed by atoms with Gasteiger partial charge >= 0.3 is 0 Å². The summed E-state index contributed by atoms with van der Waals surface area (Å²) in [5, 5.41) is 65.8. The molecule has 12 unspecified atom stereocenters. The van der Waals surface area contributed by atoms with Crippen molar-refractivity contribution in [1.29, 1.82) is 0 Å². The third-order valence-corrected chi connectivity index (χ3v) is 41.3. The highest BCUT2D eigenvalue weighted by atomic mass is 32.2. The second kappa shape index (κ2) is 33.7. The zero-order valence-electron chi connectivity index (χ0n) is 69.5. The van der Waals surface area contributed by atoms with Crippen LogP contribution in [0.4, 0.5) is 0 Å². The Hall–Kier alpha value is -0.510. The number of aliphatic hydroxyl groups excluding tert-OH is 6. The maximum atomic E-state index is 12.1. The van der Waals surface area contributed by atoms with Crippen molar-refractivity contribution in [2.45, 2.75) is 370 Å². The highest BCUT2D eigenvalue weighted by Crippen LogP contribution is 2.74. The van der Waals surface area contributed by atoms with E-state index in [1.165, 1.54) is 77.0 Å². The fourth-order valence-corrected chi connectivity index (χ4v) is 32.1. The Kier molecular flexibility index (Phi) is 27.9. The quantitative estimate of drug-likeness (QED) is 0.0409. The lowest BCUT2D eigenvalue weighted by molar-refractivity contribution is -0.203. The Balaban J connectivity index is 0.000000169. The Bertz CT molecular complexity index is 2860. The monoisotopic (exact) mass is 1530 g/mol. The van der Waals surface area contributed by atoms with Crippen molar-refractivity contribution in [2.75, 3.05) is 19.6 Å². The van der Waals surface area contributed by atoms with Crippen molar-refractivity contribution in [1.82, 2.24) is 14.2 Å². The van der Waals surface area contributed by atoms with Gasteiger partial charge in [-0.05, 0) is 372 Å². The molecule has 0 amide bonds. The largest absolute Gasteiger partial charge is 0.393 e. The van der Waals surface area contributed by atoms with E-state index in [0.29, 0.717) is 144 Å². The highest BCUT2D eigenvalue weighted by molar-refractivity contribution is 7.90. The van der Waals surface area contributed by atoms with Gasteiger partial charge < -0.3 is 30.6 Å². The Labute approximate surface area is 642 Å². The predicted octanol–water partition coefficient (Wildman–Crippen LogP) is 16.1. The van der Waals surface area contributed by atoms with Crippen LogP contribution in [0, 0.1) is 157 Å². The second-order valence-corrected chi connectivity index (χ2v) is 48.2. The van der Waals surface area contributed by atoms with Crippen LogP contribution in [0.25, 0.3) is 0 Å². The molecule has 9 N–H and O–H groups in total. The van der Waals surface area contributed by atoms with Crippen molar-refractivity contribution >= 4 is 30.1 Å². The molecule has 12 fully saturated rings. The molecule has 0 aliphatic heterocycles.